The molecule has 2 aromatic rings. The molecule has 2 bridgehead atoms. The Morgan fingerprint density at radius 1 is 1.09 bits per heavy atom. The lowest BCUT2D eigenvalue weighted by molar-refractivity contribution is 0.00591. The number of fused-ring (bicyclic) bond motifs is 2. The summed E-state index contributed by atoms with van der Waals surface area (Å²) in [6, 6.07) is 9.05. The Labute approximate surface area is 132 Å². The van der Waals surface area contributed by atoms with Crippen LogP contribution in [0.25, 0.3) is 0 Å². The normalized spacial score (nSPS) is 22.7. The number of hydrogen-bond acceptors (Lipinski definition) is 3. The van der Waals surface area contributed by atoms with E-state index in [1.807, 2.05) is 4.90 Å². The molecule has 3 fully saturated rings. The molecular formula is C17H15F2N3O. The van der Waals surface area contributed by atoms with E-state index < -0.39 is 5.95 Å². The molecule has 1 amide bonds. The van der Waals surface area contributed by atoms with Crippen molar-refractivity contribution < 1.29 is 13.6 Å². The average Bonchev–Trinajstić information content (AvgIpc) is 2.55. The molecule has 4 nitrogen and oxygen atoms in total. The summed E-state index contributed by atoms with van der Waals surface area (Å²) in [5.74, 6) is -0.913. The summed E-state index contributed by atoms with van der Waals surface area (Å²) >= 11 is 0. The fourth-order valence-corrected chi connectivity index (χ4v) is 3.48. The molecule has 6 heteroatoms. The van der Waals surface area contributed by atoms with Gasteiger partial charge >= 0.3 is 0 Å². The van der Waals surface area contributed by atoms with Crippen LogP contribution in [0.4, 0.5) is 14.5 Å². The lowest BCUT2D eigenvalue weighted by atomic mass is 9.86. The van der Waals surface area contributed by atoms with Crippen molar-refractivity contribution >= 4 is 11.6 Å². The van der Waals surface area contributed by atoms with Crippen molar-refractivity contribution in [1.29, 1.82) is 0 Å². The van der Waals surface area contributed by atoms with E-state index in [2.05, 4.69) is 9.88 Å². The average molecular weight is 315 g/mol. The van der Waals surface area contributed by atoms with Crippen molar-refractivity contribution in [1.82, 2.24) is 9.88 Å². The smallest absolute Gasteiger partial charge is 0.254 e. The first-order valence-electron chi connectivity index (χ1n) is 7.56. The number of piperidine rings is 1. The molecule has 4 heterocycles. The fraction of sp³-hybridized carbons (Fsp3) is 0.294. The minimum absolute atomic E-state index is 0.0631. The largest absolute Gasteiger partial charge is 0.367 e. The molecule has 0 N–H and O–H groups in total. The van der Waals surface area contributed by atoms with E-state index in [4.69, 9.17) is 0 Å². The fourth-order valence-electron chi connectivity index (χ4n) is 3.48. The minimum atomic E-state index is -0.499. The van der Waals surface area contributed by atoms with Gasteiger partial charge in [-0.1, -0.05) is 0 Å². The number of hydrogen-bond donors (Lipinski definition) is 0. The van der Waals surface area contributed by atoms with Crippen LogP contribution in [0.2, 0.25) is 0 Å². The van der Waals surface area contributed by atoms with Crippen molar-refractivity contribution in [2.75, 3.05) is 18.0 Å². The highest BCUT2D eigenvalue weighted by Crippen LogP contribution is 2.35. The van der Waals surface area contributed by atoms with E-state index in [1.165, 1.54) is 36.5 Å². The summed E-state index contributed by atoms with van der Waals surface area (Å²) in [6.07, 6.45) is 2.41. The van der Waals surface area contributed by atoms with Crippen molar-refractivity contribution in [3.05, 3.63) is 59.9 Å². The molecule has 0 aliphatic carbocycles. The standard InChI is InChI=1S/C17H15F2N3O/c18-12-3-1-11(2-4-12)17(23)22-14-7-15(22)10-21(9-14)13-5-6-20-16(19)8-13/h1-6,8,14-15H,7,9-10H2. The maximum atomic E-state index is 13.3. The SMILES string of the molecule is O=C(c1ccc(F)cc1)N1C2CC1CN(c1ccnc(F)c1)C2. The van der Waals surface area contributed by atoms with E-state index in [0.717, 1.165) is 12.1 Å². The first-order valence-corrected chi connectivity index (χ1v) is 7.56. The van der Waals surface area contributed by atoms with Crippen molar-refractivity contribution in [3.8, 4) is 0 Å². The van der Waals surface area contributed by atoms with E-state index in [0.29, 0.717) is 18.7 Å². The zero-order valence-electron chi connectivity index (χ0n) is 12.3. The summed E-state index contributed by atoms with van der Waals surface area (Å²) in [5.41, 5.74) is 1.30. The summed E-state index contributed by atoms with van der Waals surface area (Å²) in [7, 11) is 0. The number of amides is 1. The van der Waals surface area contributed by atoms with Crippen LogP contribution in [0.3, 0.4) is 0 Å². The Morgan fingerprint density at radius 2 is 1.78 bits per heavy atom. The number of anilines is 1. The van der Waals surface area contributed by atoms with Gasteiger partial charge in [-0.3, -0.25) is 4.79 Å². The molecule has 5 rings (SSSR count). The molecule has 3 aliphatic rings. The van der Waals surface area contributed by atoms with Gasteiger partial charge in [0.25, 0.3) is 5.91 Å². The summed E-state index contributed by atoms with van der Waals surface area (Å²) < 4.78 is 26.2. The van der Waals surface area contributed by atoms with E-state index in [1.54, 1.807) is 6.07 Å². The van der Waals surface area contributed by atoms with Crippen molar-refractivity contribution in [3.63, 3.8) is 0 Å². The van der Waals surface area contributed by atoms with Gasteiger partial charge in [0.1, 0.15) is 5.82 Å². The van der Waals surface area contributed by atoms with Crippen LogP contribution < -0.4 is 4.90 Å². The van der Waals surface area contributed by atoms with Gasteiger partial charge in [0.15, 0.2) is 0 Å². The van der Waals surface area contributed by atoms with Crippen LogP contribution in [0.5, 0.6) is 0 Å². The Balaban J connectivity index is 1.49. The molecule has 2 unspecified atom stereocenters. The third-order valence-corrected chi connectivity index (χ3v) is 4.59. The maximum absolute atomic E-state index is 13.3. The number of carbonyl (C=O) groups excluding carboxylic acids is 1. The number of piperazine rings is 1. The van der Waals surface area contributed by atoms with Gasteiger partial charge in [0.2, 0.25) is 5.95 Å². The third kappa shape index (κ3) is 2.44. The summed E-state index contributed by atoms with van der Waals surface area (Å²) in [5, 5.41) is 0. The van der Waals surface area contributed by atoms with Gasteiger partial charge in [-0.2, -0.15) is 4.39 Å². The first kappa shape index (κ1) is 14.1. The molecule has 3 saturated heterocycles. The van der Waals surface area contributed by atoms with E-state index >= 15 is 0 Å². The number of carbonyl (C=O) groups is 1. The Hall–Kier alpha value is -2.50. The highest BCUT2D eigenvalue weighted by Gasteiger charge is 2.47. The zero-order valence-corrected chi connectivity index (χ0v) is 12.3. The number of halogens is 2. The minimum Gasteiger partial charge on any atom is -0.367 e. The van der Waals surface area contributed by atoms with Crippen LogP contribution in [0.1, 0.15) is 16.8 Å². The lowest BCUT2D eigenvalue weighted by Gasteiger charge is -2.56. The van der Waals surface area contributed by atoms with Crippen LogP contribution >= 0.6 is 0 Å². The van der Waals surface area contributed by atoms with E-state index in [9.17, 15) is 13.6 Å². The Morgan fingerprint density at radius 3 is 2.43 bits per heavy atom. The Bertz CT molecular complexity index is 738. The van der Waals surface area contributed by atoms with Crippen LogP contribution in [-0.2, 0) is 0 Å². The summed E-state index contributed by atoms with van der Waals surface area (Å²) in [6.45, 7) is 1.35. The van der Waals surface area contributed by atoms with Gasteiger partial charge in [0.05, 0.1) is 12.1 Å². The number of rotatable bonds is 2. The monoisotopic (exact) mass is 315 g/mol. The molecule has 118 valence electrons. The predicted octanol–water partition coefficient (Wildman–Crippen LogP) is 2.46. The molecular weight excluding hydrogens is 300 g/mol. The lowest BCUT2D eigenvalue weighted by Crippen LogP contribution is -2.70. The zero-order chi connectivity index (χ0) is 16.0. The molecule has 23 heavy (non-hydrogen) atoms. The Kier molecular flexibility index (Phi) is 3.25. The predicted molar refractivity (Wildman–Crippen MR) is 81.2 cm³/mol. The second-order valence-electron chi connectivity index (χ2n) is 6.00. The molecule has 1 aromatic heterocycles. The highest BCUT2D eigenvalue weighted by atomic mass is 19.1. The number of nitrogens with zero attached hydrogens (tertiary/aromatic N) is 3. The van der Waals surface area contributed by atoms with Gasteiger partial charge < -0.3 is 9.80 Å². The molecule has 0 radical (unpaired) electrons. The van der Waals surface area contributed by atoms with Gasteiger partial charge in [0, 0.05) is 36.6 Å². The van der Waals surface area contributed by atoms with Gasteiger partial charge in [-0.05, 0) is 36.8 Å². The van der Waals surface area contributed by atoms with Gasteiger partial charge in [-0.15, -0.1) is 0 Å². The van der Waals surface area contributed by atoms with E-state index in [-0.39, 0.29) is 23.8 Å². The van der Waals surface area contributed by atoms with Crippen LogP contribution in [-0.4, -0.2) is 41.0 Å². The number of aromatic nitrogens is 1. The van der Waals surface area contributed by atoms with Crippen molar-refractivity contribution in [2.45, 2.75) is 18.5 Å². The van der Waals surface area contributed by atoms with Crippen LogP contribution in [0.15, 0.2) is 42.6 Å². The quantitative estimate of drug-likeness (QED) is 0.799. The number of benzene rings is 1. The molecule has 0 saturated carbocycles. The molecule has 1 aromatic carbocycles. The second kappa shape index (κ2) is 5.30. The maximum Gasteiger partial charge on any atom is 0.254 e. The molecule has 0 spiro atoms. The van der Waals surface area contributed by atoms with Crippen LogP contribution in [0, 0.1) is 11.8 Å². The first-order chi connectivity index (χ1) is 11.1. The molecule has 3 aliphatic heterocycles. The third-order valence-electron chi connectivity index (χ3n) is 4.59. The summed E-state index contributed by atoms with van der Waals surface area (Å²) in [4.78, 5) is 20.1. The highest BCUT2D eigenvalue weighted by molar-refractivity contribution is 5.95. The topological polar surface area (TPSA) is 36.4 Å². The molecule has 2 atom stereocenters. The van der Waals surface area contributed by atoms with Crippen molar-refractivity contribution in [2.24, 2.45) is 0 Å². The van der Waals surface area contributed by atoms with Gasteiger partial charge in [-0.25, -0.2) is 9.37 Å². The number of pyridine rings is 1. The second-order valence-corrected chi connectivity index (χ2v) is 6.00.